The molecule has 1 N–H and O–H groups in total. The third-order valence-electron chi connectivity index (χ3n) is 5.82. The van der Waals surface area contributed by atoms with Crippen LogP contribution < -0.4 is 26.8 Å². The van der Waals surface area contributed by atoms with Gasteiger partial charge in [0.2, 0.25) is 0 Å². The molecule has 0 spiro atoms. The van der Waals surface area contributed by atoms with Crippen LogP contribution in [0.1, 0.15) is 30.4 Å². The number of nitrogens with zero attached hydrogens (tertiary/aromatic N) is 1. The minimum absolute atomic E-state index is 0. The number of likely N-dealkylation sites (tertiary alicyclic amines) is 1. The number of hydrogen-bond donors (Lipinski definition) is 1. The van der Waals surface area contributed by atoms with Crippen LogP contribution in [0.3, 0.4) is 0 Å². The smallest absolute Gasteiger partial charge is 0.0949 e. The molecule has 1 fully saturated rings. The molecule has 2 nitrogen and oxygen atoms in total. The van der Waals surface area contributed by atoms with Crippen LogP contribution in [0.25, 0.3) is 0 Å². The number of piperidine rings is 1. The van der Waals surface area contributed by atoms with E-state index < -0.39 is 0 Å². The lowest BCUT2D eigenvalue weighted by Crippen LogP contribution is -3.13. The predicted octanol–water partition coefficient (Wildman–Crippen LogP) is -0.267. The molecule has 0 radical (unpaired) electrons. The molecular weight excluding hydrogens is 372 g/mol. The SMILES string of the molecule is [Br-].c1ccc(N(CC[NH+]2CCCCC2)C2Cc3ccccc3C2)cc1. The van der Waals surface area contributed by atoms with E-state index in [-0.39, 0.29) is 17.0 Å². The van der Waals surface area contributed by atoms with E-state index >= 15 is 0 Å². The maximum atomic E-state index is 2.68. The fourth-order valence-corrected chi connectivity index (χ4v) is 4.48. The second-order valence-electron chi connectivity index (χ2n) is 7.42. The first kappa shape index (κ1) is 18.5. The average molecular weight is 401 g/mol. The molecule has 2 aromatic carbocycles. The van der Waals surface area contributed by atoms with Gasteiger partial charge in [-0.25, -0.2) is 0 Å². The molecule has 0 atom stereocenters. The van der Waals surface area contributed by atoms with Gasteiger partial charge in [-0.15, -0.1) is 0 Å². The van der Waals surface area contributed by atoms with Crippen LogP contribution in [-0.4, -0.2) is 32.2 Å². The van der Waals surface area contributed by atoms with Gasteiger partial charge in [0, 0.05) is 11.7 Å². The number of benzene rings is 2. The van der Waals surface area contributed by atoms with Gasteiger partial charge in [0.25, 0.3) is 0 Å². The normalized spacial score (nSPS) is 17.8. The van der Waals surface area contributed by atoms with E-state index in [9.17, 15) is 0 Å². The number of hydrogen-bond acceptors (Lipinski definition) is 1. The predicted molar refractivity (Wildman–Crippen MR) is 101 cm³/mol. The van der Waals surface area contributed by atoms with Crippen molar-refractivity contribution in [2.45, 2.75) is 38.1 Å². The molecule has 134 valence electrons. The Hall–Kier alpha value is -1.32. The summed E-state index contributed by atoms with van der Waals surface area (Å²) < 4.78 is 0. The first-order chi connectivity index (χ1) is 11.9. The van der Waals surface area contributed by atoms with Crippen molar-refractivity contribution in [1.29, 1.82) is 0 Å². The summed E-state index contributed by atoms with van der Waals surface area (Å²) in [5.74, 6) is 0. The summed E-state index contributed by atoms with van der Waals surface area (Å²) >= 11 is 0. The second-order valence-corrected chi connectivity index (χ2v) is 7.42. The Labute approximate surface area is 162 Å². The van der Waals surface area contributed by atoms with Crippen molar-refractivity contribution in [2.75, 3.05) is 31.1 Å². The average Bonchev–Trinajstić information content (AvgIpc) is 3.07. The van der Waals surface area contributed by atoms with Crippen molar-refractivity contribution in [3.63, 3.8) is 0 Å². The molecule has 0 bridgehead atoms. The summed E-state index contributed by atoms with van der Waals surface area (Å²) in [6, 6.07) is 20.7. The third kappa shape index (κ3) is 4.45. The van der Waals surface area contributed by atoms with Crippen molar-refractivity contribution < 1.29 is 21.9 Å². The summed E-state index contributed by atoms with van der Waals surface area (Å²) in [6.45, 7) is 5.20. The van der Waals surface area contributed by atoms with Gasteiger partial charge in [0.05, 0.1) is 26.2 Å². The van der Waals surface area contributed by atoms with E-state index in [4.69, 9.17) is 0 Å². The van der Waals surface area contributed by atoms with Crippen LogP contribution in [-0.2, 0) is 12.8 Å². The highest BCUT2D eigenvalue weighted by Crippen LogP contribution is 2.28. The summed E-state index contributed by atoms with van der Waals surface area (Å²) in [6.07, 6.45) is 6.65. The monoisotopic (exact) mass is 400 g/mol. The summed E-state index contributed by atoms with van der Waals surface area (Å²) in [7, 11) is 0. The van der Waals surface area contributed by atoms with Gasteiger partial charge in [0.1, 0.15) is 0 Å². The topological polar surface area (TPSA) is 7.68 Å². The number of quaternary nitrogens is 1. The zero-order chi connectivity index (χ0) is 16.2. The van der Waals surface area contributed by atoms with Crippen LogP contribution in [0.4, 0.5) is 5.69 Å². The fourth-order valence-electron chi connectivity index (χ4n) is 4.48. The van der Waals surface area contributed by atoms with Gasteiger partial charge in [0.15, 0.2) is 0 Å². The standard InChI is InChI=1S/C22H28N2.BrH/c1-3-11-21(12-4-1)24(16-15-23-13-7-2-8-14-23)22-17-19-9-5-6-10-20(19)18-22;/h1,3-6,9-12,22H,2,7-8,13-18H2;1H. The van der Waals surface area contributed by atoms with Crippen molar-refractivity contribution in [1.82, 2.24) is 0 Å². The van der Waals surface area contributed by atoms with E-state index in [1.807, 2.05) is 0 Å². The Bertz CT molecular complexity index is 627. The van der Waals surface area contributed by atoms with E-state index in [2.05, 4.69) is 59.5 Å². The Kier molecular flexibility index (Phi) is 6.55. The van der Waals surface area contributed by atoms with Crippen molar-refractivity contribution in [2.24, 2.45) is 0 Å². The zero-order valence-electron chi connectivity index (χ0n) is 15.0. The number of fused-ring (bicyclic) bond motifs is 1. The van der Waals surface area contributed by atoms with Gasteiger partial charge in [-0.05, 0) is 55.4 Å². The van der Waals surface area contributed by atoms with Gasteiger partial charge < -0.3 is 26.8 Å². The van der Waals surface area contributed by atoms with Crippen LogP contribution in [0.5, 0.6) is 0 Å². The first-order valence-corrected chi connectivity index (χ1v) is 9.62. The van der Waals surface area contributed by atoms with E-state index in [1.165, 1.54) is 64.0 Å². The Balaban J connectivity index is 0.00000182. The Morgan fingerprint density at radius 2 is 1.40 bits per heavy atom. The molecule has 0 aromatic heterocycles. The van der Waals surface area contributed by atoms with E-state index in [0.29, 0.717) is 6.04 Å². The maximum Gasteiger partial charge on any atom is 0.0949 e. The quantitative estimate of drug-likeness (QED) is 0.725. The highest BCUT2D eigenvalue weighted by molar-refractivity contribution is 5.49. The largest absolute Gasteiger partial charge is 1.00 e. The lowest BCUT2D eigenvalue weighted by Gasteiger charge is -2.33. The molecule has 1 heterocycles. The molecule has 1 aliphatic heterocycles. The second kappa shape index (κ2) is 8.86. The van der Waals surface area contributed by atoms with Crippen LogP contribution >= 0.6 is 0 Å². The minimum atomic E-state index is 0. The van der Waals surface area contributed by atoms with Gasteiger partial charge in [-0.2, -0.15) is 0 Å². The lowest BCUT2D eigenvalue weighted by molar-refractivity contribution is -0.903. The molecular formula is C22H29BrN2. The summed E-state index contributed by atoms with van der Waals surface area (Å²) in [5.41, 5.74) is 4.49. The molecule has 0 amide bonds. The van der Waals surface area contributed by atoms with Crippen molar-refractivity contribution in [3.05, 3.63) is 65.7 Å². The minimum Gasteiger partial charge on any atom is -1.00 e. The molecule has 2 aliphatic rings. The number of nitrogens with one attached hydrogen (secondary N) is 1. The molecule has 2 aromatic rings. The van der Waals surface area contributed by atoms with E-state index in [1.54, 1.807) is 16.0 Å². The molecule has 0 unspecified atom stereocenters. The number of rotatable bonds is 5. The van der Waals surface area contributed by atoms with Crippen molar-refractivity contribution in [3.8, 4) is 0 Å². The van der Waals surface area contributed by atoms with Crippen LogP contribution in [0, 0.1) is 0 Å². The lowest BCUT2D eigenvalue weighted by atomic mass is 10.1. The van der Waals surface area contributed by atoms with Gasteiger partial charge >= 0.3 is 0 Å². The third-order valence-corrected chi connectivity index (χ3v) is 5.82. The van der Waals surface area contributed by atoms with Crippen molar-refractivity contribution >= 4 is 5.69 Å². The Morgan fingerprint density at radius 3 is 2.04 bits per heavy atom. The van der Waals surface area contributed by atoms with Gasteiger partial charge in [-0.3, -0.25) is 0 Å². The van der Waals surface area contributed by atoms with E-state index in [0.717, 1.165) is 0 Å². The maximum absolute atomic E-state index is 2.68. The van der Waals surface area contributed by atoms with Gasteiger partial charge in [-0.1, -0.05) is 42.5 Å². The highest BCUT2D eigenvalue weighted by Gasteiger charge is 2.27. The molecule has 0 saturated carbocycles. The molecule has 3 heteroatoms. The highest BCUT2D eigenvalue weighted by atomic mass is 79.9. The fraction of sp³-hybridized carbons (Fsp3) is 0.455. The number of anilines is 1. The molecule has 1 saturated heterocycles. The molecule has 25 heavy (non-hydrogen) atoms. The Morgan fingerprint density at radius 1 is 0.800 bits per heavy atom. The molecule has 4 rings (SSSR count). The zero-order valence-corrected chi connectivity index (χ0v) is 16.5. The van der Waals surface area contributed by atoms with Crippen LogP contribution in [0.15, 0.2) is 54.6 Å². The molecule has 1 aliphatic carbocycles. The number of para-hydroxylation sites is 1. The summed E-state index contributed by atoms with van der Waals surface area (Å²) in [5, 5.41) is 0. The summed E-state index contributed by atoms with van der Waals surface area (Å²) in [4.78, 5) is 4.49. The number of halogens is 1. The first-order valence-electron chi connectivity index (χ1n) is 9.62. The van der Waals surface area contributed by atoms with Crippen LogP contribution in [0.2, 0.25) is 0 Å².